The van der Waals surface area contributed by atoms with Gasteiger partial charge in [0.1, 0.15) is 0 Å². The zero-order chi connectivity index (χ0) is 17.5. The fraction of sp³-hybridized carbons (Fsp3) is 0.0526. The van der Waals surface area contributed by atoms with Gasteiger partial charge in [-0.3, -0.25) is 9.59 Å². The van der Waals surface area contributed by atoms with Crippen molar-refractivity contribution in [3.05, 3.63) is 77.0 Å². The highest BCUT2D eigenvalue weighted by molar-refractivity contribution is 8.00. The molecule has 3 aromatic rings. The number of anilines is 2. The summed E-state index contributed by atoms with van der Waals surface area (Å²) in [4.78, 5) is 25.9. The molecule has 0 saturated carbocycles. The fourth-order valence-electron chi connectivity index (χ4n) is 2.14. The number of hydrogen-bond acceptors (Lipinski definition) is 4. The monoisotopic (exact) mass is 368 g/mol. The van der Waals surface area contributed by atoms with E-state index in [4.69, 9.17) is 0 Å². The third-order valence-corrected chi connectivity index (χ3v) is 5.14. The lowest BCUT2D eigenvalue weighted by Crippen LogP contribution is -2.15. The Kier molecular flexibility index (Phi) is 5.87. The number of benzene rings is 2. The molecule has 0 aliphatic carbocycles. The summed E-state index contributed by atoms with van der Waals surface area (Å²) in [6.07, 6.45) is 0. The molecule has 0 spiro atoms. The summed E-state index contributed by atoms with van der Waals surface area (Å²) in [5.74, 6) is 0.0872. The third-order valence-electron chi connectivity index (χ3n) is 3.26. The molecule has 0 bridgehead atoms. The van der Waals surface area contributed by atoms with Crippen molar-refractivity contribution in [2.45, 2.75) is 4.90 Å². The van der Waals surface area contributed by atoms with Crippen LogP contribution in [0.1, 0.15) is 9.67 Å². The summed E-state index contributed by atoms with van der Waals surface area (Å²) in [6, 6.07) is 20.5. The molecule has 0 fully saturated rings. The maximum atomic E-state index is 12.1. The van der Waals surface area contributed by atoms with Gasteiger partial charge in [-0.25, -0.2) is 0 Å². The van der Waals surface area contributed by atoms with Crippen molar-refractivity contribution in [2.75, 3.05) is 16.4 Å². The van der Waals surface area contributed by atoms with Crippen LogP contribution in [0.5, 0.6) is 0 Å². The van der Waals surface area contributed by atoms with E-state index in [1.54, 1.807) is 30.3 Å². The first kappa shape index (κ1) is 17.3. The van der Waals surface area contributed by atoms with E-state index in [2.05, 4.69) is 10.6 Å². The normalized spacial score (nSPS) is 10.2. The second kappa shape index (κ2) is 8.50. The molecular formula is C19H16N2O2S2. The number of thiophene rings is 1. The molecule has 0 saturated heterocycles. The summed E-state index contributed by atoms with van der Waals surface area (Å²) in [5.41, 5.74) is 1.30. The Morgan fingerprint density at radius 1 is 0.880 bits per heavy atom. The molecule has 2 aromatic carbocycles. The molecule has 1 aromatic heterocycles. The number of amides is 2. The minimum absolute atomic E-state index is 0.0874. The Bertz CT molecular complexity index is 849. The summed E-state index contributed by atoms with van der Waals surface area (Å²) < 4.78 is 0. The van der Waals surface area contributed by atoms with E-state index in [-0.39, 0.29) is 11.8 Å². The van der Waals surface area contributed by atoms with Crippen molar-refractivity contribution in [3.8, 4) is 0 Å². The van der Waals surface area contributed by atoms with Gasteiger partial charge >= 0.3 is 0 Å². The lowest BCUT2D eigenvalue weighted by Gasteiger charge is -2.08. The van der Waals surface area contributed by atoms with Crippen LogP contribution in [-0.4, -0.2) is 17.6 Å². The lowest BCUT2D eigenvalue weighted by atomic mass is 10.2. The molecule has 2 N–H and O–H groups in total. The van der Waals surface area contributed by atoms with Crippen molar-refractivity contribution >= 4 is 46.3 Å². The number of hydrogen-bond donors (Lipinski definition) is 2. The van der Waals surface area contributed by atoms with Gasteiger partial charge in [0.25, 0.3) is 5.91 Å². The molecule has 126 valence electrons. The van der Waals surface area contributed by atoms with Gasteiger partial charge in [0.05, 0.1) is 10.6 Å². The second-order valence-corrected chi connectivity index (χ2v) is 7.16. The number of rotatable bonds is 6. The lowest BCUT2D eigenvalue weighted by molar-refractivity contribution is -0.113. The molecule has 0 atom stereocenters. The van der Waals surface area contributed by atoms with Gasteiger partial charge in [-0.05, 0) is 41.8 Å². The molecule has 4 nitrogen and oxygen atoms in total. The van der Waals surface area contributed by atoms with E-state index in [1.165, 1.54) is 23.1 Å². The van der Waals surface area contributed by atoms with E-state index in [1.807, 2.05) is 41.8 Å². The minimum atomic E-state index is -0.155. The number of thioether (sulfide) groups is 1. The molecule has 0 aliphatic rings. The Morgan fingerprint density at radius 3 is 2.36 bits per heavy atom. The highest BCUT2D eigenvalue weighted by Gasteiger charge is 2.08. The summed E-state index contributed by atoms with van der Waals surface area (Å²) in [6.45, 7) is 0. The summed E-state index contributed by atoms with van der Waals surface area (Å²) >= 11 is 2.87. The first-order chi connectivity index (χ1) is 12.2. The van der Waals surface area contributed by atoms with Crippen molar-refractivity contribution in [1.29, 1.82) is 0 Å². The van der Waals surface area contributed by atoms with E-state index in [9.17, 15) is 9.59 Å². The highest BCUT2D eigenvalue weighted by Crippen LogP contribution is 2.20. The SMILES string of the molecule is O=C(CSc1ccccc1)Nc1cccc(NC(=O)c2cccs2)c1. The zero-order valence-corrected chi connectivity index (χ0v) is 14.9. The van der Waals surface area contributed by atoms with Crippen molar-refractivity contribution in [3.63, 3.8) is 0 Å². The van der Waals surface area contributed by atoms with Gasteiger partial charge in [0, 0.05) is 16.3 Å². The first-order valence-corrected chi connectivity index (χ1v) is 9.50. The first-order valence-electron chi connectivity index (χ1n) is 7.63. The van der Waals surface area contributed by atoms with Crippen LogP contribution >= 0.6 is 23.1 Å². The summed E-state index contributed by atoms with van der Waals surface area (Å²) in [5, 5.41) is 7.54. The maximum absolute atomic E-state index is 12.1. The smallest absolute Gasteiger partial charge is 0.265 e. The van der Waals surface area contributed by atoms with E-state index in [0.29, 0.717) is 22.0 Å². The molecule has 6 heteroatoms. The van der Waals surface area contributed by atoms with E-state index < -0.39 is 0 Å². The van der Waals surface area contributed by atoms with Crippen LogP contribution in [0.3, 0.4) is 0 Å². The van der Waals surface area contributed by atoms with Gasteiger partial charge in [0.15, 0.2) is 0 Å². The Balaban J connectivity index is 1.56. The molecule has 2 amide bonds. The van der Waals surface area contributed by atoms with Crippen LogP contribution in [0.4, 0.5) is 11.4 Å². The van der Waals surface area contributed by atoms with Crippen LogP contribution in [0.2, 0.25) is 0 Å². The fourth-order valence-corrected chi connectivity index (χ4v) is 3.48. The van der Waals surface area contributed by atoms with Crippen LogP contribution in [-0.2, 0) is 4.79 Å². The molecule has 1 heterocycles. The number of carbonyl (C=O) groups excluding carboxylic acids is 2. The van der Waals surface area contributed by atoms with Gasteiger partial charge in [-0.15, -0.1) is 23.1 Å². The Morgan fingerprint density at radius 2 is 1.64 bits per heavy atom. The van der Waals surface area contributed by atoms with Crippen LogP contribution in [0.15, 0.2) is 77.0 Å². The molecular weight excluding hydrogens is 352 g/mol. The molecule has 0 unspecified atom stereocenters. The molecule has 25 heavy (non-hydrogen) atoms. The minimum Gasteiger partial charge on any atom is -0.325 e. The molecule has 0 aliphatic heterocycles. The number of carbonyl (C=O) groups is 2. The highest BCUT2D eigenvalue weighted by atomic mass is 32.2. The van der Waals surface area contributed by atoms with Gasteiger partial charge in [-0.1, -0.05) is 30.3 Å². The van der Waals surface area contributed by atoms with Crippen LogP contribution < -0.4 is 10.6 Å². The number of nitrogens with one attached hydrogen (secondary N) is 2. The van der Waals surface area contributed by atoms with Gasteiger partial charge in [0.2, 0.25) is 5.91 Å². The summed E-state index contributed by atoms with van der Waals surface area (Å²) in [7, 11) is 0. The van der Waals surface area contributed by atoms with Crippen LogP contribution in [0.25, 0.3) is 0 Å². The molecule has 3 rings (SSSR count). The van der Waals surface area contributed by atoms with E-state index >= 15 is 0 Å². The second-order valence-electron chi connectivity index (χ2n) is 5.16. The quantitative estimate of drug-likeness (QED) is 0.618. The average Bonchev–Trinajstić information content (AvgIpc) is 3.16. The van der Waals surface area contributed by atoms with Gasteiger partial charge < -0.3 is 10.6 Å². The predicted octanol–water partition coefficient (Wildman–Crippen LogP) is 4.73. The topological polar surface area (TPSA) is 58.2 Å². The largest absolute Gasteiger partial charge is 0.325 e. The Hall–Kier alpha value is -2.57. The van der Waals surface area contributed by atoms with Crippen molar-refractivity contribution < 1.29 is 9.59 Å². The van der Waals surface area contributed by atoms with Gasteiger partial charge in [-0.2, -0.15) is 0 Å². The van der Waals surface area contributed by atoms with E-state index in [0.717, 1.165) is 4.90 Å². The predicted molar refractivity (Wildman–Crippen MR) is 105 cm³/mol. The zero-order valence-electron chi connectivity index (χ0n) is 13.3. The Labute approximate surface area is 154 Å². The molecule has 0 radical (unpaired) electrons. The third kappa shape index (κ3) is 5.20. The standard InChI is InChI=1S/C19H16N2O2S2/c22-18(13-25-16-8-2-1-3-9-16)20-14-6-4-7-15(12-14)21-19(23)17-10-5-11-24-17/h1-12H,13H2,(H,20,22)(H,21,23). The van der Waals surface area contributed by atoms with Crippen molar-refractivity contribution in [2.24, 2.45) is 0 Å². The maximum Gasteiger partial charge on any atom is 0.265 e. The van der Waals surface area contributed by atoms with Crippen LogP contribution in [0, 0.1) is 0 Å². The van der Waals surface area contributed by atoms with Crippen molar-refractivity contribution in [1.82, 2.24) is 0 Å². The average molecular weight is 368 g/mol.